The number of carbonyl (C=O) groups excluding carboxylic acids is 7. The number of hydrogen-bond acceptors (Lipinski definition) is 11. The van der Waals surface area contributed by atoms with Crippen LogP contribution in [0.25, 0.3) is 0 Å². The molecule has 0 radical (unpaired) electrons. The summed E-state index contributed by atoms with van der Waals surface area (Å²) in [6.07, 6.45) is -0.823. The SMILES string of the molecule is CC(NC(=O)C1CCCCN1C(=O)C1CCCN1C(=O)O)C(=O)N1C[C@@H](C)C[C@H]1C(=O)O[C@@H](C)[C@H](NC(=O)OCc1ccccc1)C(=O)OCC(=O)c1ccccc1. The van der Waals surface area contributed by atoms with Gasteiger partial charge in [0.25, 0.3) is 0 Å². The number of hydrogen-bond donors (Lipinski definition) is 3. The number of likely N-dealkylation sites (tertiary alicyclic amines) is 3. The summed E-state index contributed by atoms with van der Waals surface area (Å²) in [4.78, 5) is 109. The third-order valence-electron chi connectivity index (χ3n) is 10.6. The van der Waals surface area contributed by atoms with Crippen molar-refractivity contribution < 1.29 is 57.7 Å². The molecule has 0 saturated carbocycles. The van der Waals surface area contributed by atoms with Crippen LogP contribution in [0.2, 0.25) is 0 Å². The Bertz CT molecular complexity index is 1830. The molecule has 0 aliphatic carbocycles. The summed E-state index contributed by atoms with van der Waals surface area (Å²) in [5, 5.41) is 14.7. The number of alkyl carbamates (subject to hydrolysis) is 1. The predicted octanol–water partition coefficient (Wildman–Crippen LogP) is 2.90. The summed E-state index contributed by atoms with van der Waals surface area (Å²) in [5.74, 6) is -4.16. The zero-order valence-electron chi connectivity index (χ0n) is 32.9. The molecule has 0 spiro atoms. The number of ketones is 1. The number of carboxylic acid groups (broad SMARTS) is 1. The number of piperidine rings is 1. The maximum Gasteiger partial charge on any atom is 0.408 e. The molecule has 2 aromatic rings. The summed E-state index contributed by atoms with van der Waals surface area (Å²) in [6, 6.07) is 11.3. The molecule has 3 saturated heterocycles. The predicted molar refractivity (Wildman–Crippen MR) is 205 cm³/mol. The topological polar surface area (TPSA) is 218 Å². The van der Waals surface area contributed by atoms with Crippen molar-refractivity contribution in [1.82, 2.24) is 25.3 Å². The van der Waals surface area contributed by atoms with Gasteiger partial charge >= 0.3 is 24.1 Å². The Morgan fingerprint density at radius 1 is 0.776 bits per heavy atom. The molecule has 3 fully saturated rings. The van der Waals surface area contributed by atoms with Gasteiger partial charge < -0.3 is 39.8 Å². The fourth-order valence-electron chi connectivity index (χ4n) is 7.57. The minimum atomic E-state index is -1.61. The minimum absolute atomic E-state index is 0.125. The average Bonchev–Trinajstić information content (AvgIpc) is 3.89. The van der Waals surface area contributed by atoms with Crippen molar-refractivity contribution in [1.29, 1.82) is 0 Å². The van der Waals surface area contributed by atoms with Gasteiger partial charge in [-0.2, -0.15) is 0 Å². The number of benzene rings is 2. The fraction of sp³-hybridized carbons (Fsp3) is 0.512. The molecule has 17 heteroatoms. The summed E-state index contributed by atoms with van der Waals surface area (Å²) in [6.45, 7) is 4.55. The molecule has 0 aromatic heterocycles. The number of carbonyl (C=O) groups is 8. The normalized spacial score (nSPS) is 21.9. The molecule has 2 aromatic carbocycles. The number of nitrogens with zero attached hydrogens (tertiary/aromatic N) is 3. The zero-order chi connectivity index (χ0) is 41.9. The highest BCUT2D eigenvalue weighted by Crippen LogP contribution is 2.27. The van der Waals surface area contributed by atoms with E-state index in [0.717, 1.165) is 4.90 Å². The molecular formula is C41H51N5O12. The average molecular weight is 806 g/mol. The van der Waals surface area contributed by atoms with E-state index in [1.165, 1.54) is 23.6 Å². The van der Waals surface area contributed by atoms with Crippen LogP contribution in [-0.4, -0.2) is 130 Å². The Kier molecular flexibility index (Phi) is 14.8. The van der Waals surface area contributed by atoms with E-state index in [4.69, 9.17) is 14.2 Å². The van der Waals surface area contributed by atoms with E-state index in [0.29, 0.717) is 43.2 Å². The first kappa shape index (κ1) is 43.1. The maximum atomic E-state index is 13.9. The van der Waals surface area contributed by atoms with Crippen molar-refractivity contribution in [3.05, 3.63) is 71.8 Å². The van der Waals surface area contributed by atoms with Crippen LogP contribution in [0.5, 0.6) is 0 Å². The number of ether oxygens (including phenoxy) is 3. The lowest BCUT2D eigenvalue weighted by Gasteiger charge is -2.38. The fourth-order valence-corrected chi connectivity index (χ4v) is 7.57. The van der Waals surface area contributed by atoms with E-state index in [9.17, 15) is 43.5 Å². The van der Waals surface area contributed by atoms with Gasteiger partial charge in [-0.25, -0.2) is 19.2 Å². The van der Waals surface area contributed by atoms with Gasteiger partial charge in [-0.15, -0.1) is 0 Å². The Balaban J connectivity index is 1.23. The van der Waals surface area contributed by atoms with Crippen LogP contribution in [0.4, 0.5) is 9.59 Å². The van der Waals surface area contributed by atoms with Gasteiger partial charge in [-0.3, -0.25) is 24.1 Å². The minimum Gasteiger partial charge on any atom is -0.465 e. The number of esters is 2. The summed E-state index contributed by atoms with van der Waals surface area (Å²) in [7, 11) is 0. The van der Waals surface area contributed by atoms with Gasteiger partial charge in [0, 0.05) is 25.2 Å². The summed E-state index contributed by atoms with van der Waals surface area (Å²) >= 11 is 0. The lowest BCUT2D eigenvalue weighted by Crippen LogP contribution is -2.59. The zero-order valence-corrected chi connectivity index (χ0v) is 32.9. The molecule has 3 unspecified atom stereocenters. The van der Waals surface area contributed by atoms with Gasteiger partial charge in [0.1, 0.15) is 36.9 Å². The van der Waals surface area contributed by atoms with Crippen molar-refractivity contribution in [2.75, 3.05) is 26.2 Å². The lowest BCUT2D eigenvalue weighted by molar-refractivity contribution is -0.163. The van der Waals surface area contributed by atoms with Crippen LogP contribution >= 0.6 is 0 Å². The van der Waals surface area contributed by atoms with Gasteiger partial charge in [0.2, 0.25) is 17.7 Å². The summed E-state index contributed by atoms with van der Waals surface area (Å²) in [5.41, 5.74) is 0.976. The van der Waals surface area contributed by atoms with Gasteiger partial charge in [-0.05, 0) is 63.9 Å². The molecule has 58 heavy (non-hydrogen) atoms. The smallest absolute Gasteiger partial charge is 0.408 e. The van der Waals surface area contributed by atoms with Crippen LogP contribution in [0.15, 0.2) is 60.7 Å². The van der Waals surface area contributed by atoms with E-state index >= 15 is 0 Å². The van der Waals surface area contributed by atoms with Crippen LogP contribution in [0.3, 0.4) is 0 Å². The molecular weight excluding hydrogens is 754 g/mol. The molecule has 5 rings (SSSR count). The number of Topliss-reactive ketones (excluding diaryl/α,β-unsaturated/α-hetero) is 1. The molecule has 3 heterocycles. The third kappa shape index (κ3) is 10.9. The number of nitrogens with one attached hydrogen (secondary N) is 2. The van der Waals surface area contributed by atoms with E-state index in [-0.39, 0.29) is 38.6 Å². The first-order chi connectivity index (χ1) is 27.7. The molecule has 5 amide bonds. The van der Waals surface area contributed by atoms with Crippen LogP contribution in [-0.2, 0) is 44.8 Å². The van der Waals surface area contributed by atoms with Gasteiger partial charge in [0.05, 0.1) is 0 Å². The second-order valence-electron chi connectivity index (χ2n) is 15.0. The first-order valence-corrected chi connectivity index (χ1v) is 19.6. The third-order valence-corrected chi connectivity index (χ3v) is 10.6. The van der Waals surface area contributed by atoms with Crippen LogP contribution in [0.1, 0.15) is 75.2 Å². The monoisotopic (exact) mass is 805 g/mol. The van der Waals surface area contributed by atoms with Crippen LogP contribution < -0.4 is 10.6 Å². The second-order valence-corrected chi connectivity index (χ2v) is 15.0. The Labute approximate surface area is 336 Å². The van der Waals surface area contributed by atoms with E-state index in [1.54, 1.807) is 60.7 Å². The number of rotatable bonds is 14. The molecule has 312 valence electrons. The molecule has 3 aliphatic rings. The van der Waals surface area contributed by atoms with Crippen molar-refractivity contribution in [2.24, 2.45) is 5.92 Å². The van der Waals surface area contributed by atoms with E-state index in [1.807, 2.05) is 6.92 Å². The molecule has 3 aliphatic heterocycles. The quantitative estimate of drug-likeness (QED) is 0.143. The Hall–Kier alpha value is -6.00. The van der Waals surface area contributed by atoms with Gasteiger partial charge in [0.15, 0.2) is 18.4 Å². The summed E-state index contributed by atoms with van der Waals surface area (Å²) < 4.78 is 16.3. The molecule has 7 atom stereocenters. The highest BCUT2D eigenvalue weighted by atomic mass is 16.6. The van der Waals surface area contributed by atoms with Crippen molar-refractivity contribution in [3.63, 3.8) is 0 Å². The van der Waals surface area contributed by atoms with E-state index < -0.39 is 90.5 Å². The molecule has 3 N–H and O–H groups in total. The van der Waals surface area contributed by atoms with Crippen molar-refractivity contribution in [2.45, 2.75) is 102 Å². The Morgan fingerprint density at radius 3 is 2.12 bits per heavy atom. The maximum absolute atomic E-state index is 13.9. The molecule has 17 nitrogen and oxygen atoms in total. The number of amides is 5. The lowest BCUT2D eigenvalue weighted by atomic mass is 9.99. The van der Waals surface area contributed by atoms with Crippen LogP contribution in [0, 0.1) is 5.92 Å². The highest BCUT2D eigenvalue weighted by Gasteiger charge is 2.44. The standard InChI is InChI=1S/C41H51N5O12/c1-25-21-32(46(22-25)36(49)26(2)42-35(48)30-17-10-11-19-44(30)37(50)31-18-12-20-45(31)41(54)55)38(51)58-27(3)34(43-40(53)57-23-28-13-6-4-7-14-28)39(52)56-24-33(47)29-15-8-5-9-16-29/h4-9,13-16,25-27,30-32,34H,10-12,17-24H2,1-3H3,(H,42,48)(H,43,53)(H,54,55)/t25-,26?,27-,30?,31?,32-,34-/m0/s1. The Morgan fingerprint density at radius 2 is 1.43 bits per heavy atom. The molecule has 0 bridgehead atoms. The van der Waals surface area contributed by atoms with Crippen molar-refractivity contribution in [3.8, 4) is 0 Å². The van der Waals surface area contributed by atoms with Crippen molar-refractivity contribution >= 4 is 47.6 Å². The van der Waals surface area contributed by atoms with Gasteiger partial charge in [-0.1, -0.05) is 67.6 Å². The second kappa shape index (κ2) is 19.9. The largest absolute Gasteiger partial charge is 0.465 e. The van der Waals surface area contributed by atoms with E-state index in [2.05, 4.69) is 10.6 Å². The highest BCUT2D eigenvalue weighted by molar-refractivity contribution is 5.98. The first-order valence-electron chi connectivity index (χ1n) is 19.6.